The van der Waals surface area contributed by atoms with Crippen LogP contribution in [0.3, 0.4) is 0 Å². The fourth-order valence-electron chi connectivity index (χ4n) is 1.99. The van der Waals surface area contributed by atoms with Crippen LogP contribution in [0.1, 0.15) is 26.2 Å². The van der Waals surface area contributed by atoms with Crippen molar-refractivity contribution < 1.29 is 9.90 Å². The van der Waals surface area contributed by atoms with Gasteiger partial charge in [0.25, 0.3) is 0 Å². The van der Waals surface area contributed by atoms with Gasteiger partial charge in [0, 0.05) is 27.1 Å². The number of carbonyl (C=O) groups excluding carboxylic acids is 1. The minimum atomic E-state index is -0.196. The first kappa shape index (κ1) is 13.5. The second-order valence-electron chi connectivity index (χ2n) is 5.03. The summed E-state index contributed by atoms with van der Waals surface area (Å²) in [4.78, 5) is 15.2. The van der Waals surface area contributed by atoms with Crippen molar-refractivity contribution >= 4 is 5.91 Å². The lowest BCUT2D eigenvalue weighted by Crippen LogP contribution is -2.43. The fraction of sp³-hybridized carbons (Fsp3) is 0.917. The van der Waals surface area contributed by atoms with E-state index in [4.69, 9.17) is 0 Å². The van der Waals surface area contributed by atoms with Gasteiger partial charge in [0.2, 0.25) is 5.91 Å². The number of amides is 1. The molecule has 0 bridgehead atoms. The van der Waals surface area contributed by atoms with E-state index in [2.05, 4.69) is 11.8 Å². The Morgan fingerprint density at radius 2 is 2.19 bits per heavy atom. The number of likely N-dealkylation sites (tertiary alicyclic amines) is 1. The maximum atomic E-state index is 11.4. The van der Waals surface area contributed by atoms with E-state index in [1.165, 1.54) is 0 Å². The molecule has 0 radical (unpaired) electrons. The molecule has 0 spiro atoms. The van der Waals surface area contributed by atoms with Gasteiger partial charge in [-0.3, -0.25) is 4.79 Å². The number of aliphatic hydroxyl groups excluding tert-OH is 1. The van der Waals surface area contributed by atoms with Gasteiger partial charge < -0.3 is 14.9 Å². The number of hydrogen-bond acceptors (Lipinski definition) is 3. The summed E-state index contributed by atoms with van der Waals surface area (Å²) in [5.41, 5.74) is 0. The maximum absolute atomic E-state index is 11.4. The first-order valence-electron chi connectivity index (χ1n) is 6.11. The van der Waals surface area contributed by atoms with Crippen molar-refractivity contribution in [1.29, 1.82) is 0 Å². The van der Waals surface area contributed by atoms with Crippen molar-refractivity contribution in [3.05, 3.63) is 0 Å². The van der Waals surface area contributed by atoms with Crippen LogP contribution in [0.15, 0.2) is 0 Å². The average Bonchev–Trinajstić information content (AvgIpc) is 2.23. The van der Waals surface area contributed by atoms with E-state index in [1.807, 2.05) is 0 Å². The highest BCUT2D eigenvalue weighted by Crippen LogP contribution is 2.17. The number of carbonyl (C=O) groups is 1. The van der Waals surface area contributed by atoms with Crippen LogP contribution in [0.4, 0.5) is 0 Å². The summed E-state index contributed by atoms with van der Waals surface area (Å²) in [6.45, 7) is 4.83. The number of nitrogens with zero attached hydrogens (tertiary/aromatic N) is 2. The van der Waals surface area contributed by atoms with Crippen molar-refractivity contribution in [2.24, 2.45) is 5.92 Å². The Morgan fingerprint density at radius 3 is 2.75 bits per heavy atom. The van der Waals surface area contributed by atoms with E-state index in [0.29, 0.717) is 12.3 Å². The fourth-order valence-corrected chi connectivity index (χ4v) is 1.99. The predicted octanol–water partition coefficient (Wildman–Crippen LogP) is 0.557. The second-order valence-corrected chi connectivity index (χ2v) is 5.03. The third-order valence-corrected chi connectivity index (χ3v) is 3.37. The van der Waals surface area contributed by atoms with E-state index in [-0.39, 0.29) is 12.0 Å². The van der Waals surface area contributed by atoms with E-state index < -0.39 is 0 Å². The summed E-state index contributed by atoms with van der Waals surface area (Å²) >= 11 is 0. The molecule has 1 saturated heterocycles. The lowest BCUT2D eigenvalue weighted by atomic mass is 9.96. The minimum Gasteiger partial charge on any atom is -0.392 e. The first-order valence-corrected chi connectivity index (χ1v) is 6.11. The average molecular weight is 228 g/mol. The van der Waals surface area contributed by atoms with Crippen molar-refractivity contribution in [2.45, 2.75) is 32.3 Å². The molecule has 0 aliphatic carbocycles. The van der Waals surface area contributed by atoms with Crippen LogP contribution in [0.2, 0.25) is 0 Å². The number of hydrogen-bond donors (Lipinski definition) is 1. The Kier molecular flexibility index (Phi) is 5.22. The molecule has 94 valence electrons. The molecule has 1 heterocycles. The van der Waals surface area contributed by atoms with Gasteiger partial charge in [-0.2, -0.15) is 0 Å². The molecule has 2 unspecified atom stereocenters. The molecule has 0 aromatic heterocycles. The van der Waals surface area contributed by atoms with Crippen LogP contribution in [0.25, 0.3) is 0 Å². The summed E-state index contributed by atoms with van der Waals surface area (Å²) in [5.74, 6) is 0.602. The normalized spacial score (nSPS) is 26.8. The van der Waals surface area contributed by atoms with Crippen molar-refractivity contribution in [3.8, 4) is 0 Å². The van der Waals surface area contributed by atoms with Gasteiger partial charge in [-0.1, -0.05) is 6.92 Å². The zero-order valence-corrected chi connectivity index (χ0v) is 10.6. The Bertz CT molecular complexity index is 231. The highest BCUT2D eigenvalue weighted by atomic mass is 16.3. The highest BCUT2D eigenvalue weighted by molar-refractivity contribution is 5.75. The standard InChI is InChI=1S/C12H24N2O2/c1-10-6-8-14(9-11(10)15)7-4-5-12(16)13(2)3/h10-11,15H,4-9H2,1-3H3. The molecule has 0 aromatic rings. The summed E-state index contributed by atoms with van der Waals surface area (Å²) in [6.07, 6.45) is 2.36. The van der Waals surface area contributed by atoms with E-state index >= 15 is 0 Å². The molecule has 4 nitrogen and oxygen atoms in total. The largest absolute Gasteiger partial charge is 0.392 e. The highest BCUT2D eigenvalue weighted by Gasteiger charge is 2.23. The third kappa shape index (κ3) is 4.10. The number of piperidine rings is 1. The van der Waals surface area contributed by atoms with Gasteiger partial charge in [-0.15, -0.1) is 0 Å². The molecule has 0 aromatic carbocycles. The lowest BCUT2D eigenvalue weighted by molar-refractivity contribution is -0.128. The summed E-state index contributed by atoms with van der Waals surface area (Å²) in [6, 6.07) is 0. The van der Waals surface area contributed by atoms with Crippen molar-refractivity contribution in [1.82, 2.24) is 9.80 Å². The molecule has 0 saturated carbocycles. The quantitative estimate of drug-likeness (QED) is 0.764. The van der Waals surface area contributed by atoms with Crippen molar-refractivity contribution in [3.63, 3.8) is 0 Å². The zero-order valence-electron chi connectivity index (χ0n) is 10.6. The van der Waals surface area contributed by atoms with Gasteiger partial charge in [-0.05, 0) is 31.8 Å². The van der Waals surface area contributed by atoms with Crippen molar-refractivity contribution in [2.75, 3.05) is 33.7 Å². The zero-order chi connectivity index (χ0) is 12.1. The van der Waals surface area contributed by atoms with Gasteiger partial charge in [0.05, 0.1) is 6.10 Å². The van der Waals surface area contributed by atoms with Gasteiger partial charge in [0.1, 0.15) is 0 Å². The Labute approximate surface area is 98.2 Å². The lowest BCUT2D eigenvalue weighted by Gasteiger charge is -2.34. The Morgan fingerprint density at radius 1 is 1.50 bits per heavy atom. The third-order valence-electron chi connectivity index (χ3n) is 3.37. The number of rotatable bonds is 4. The predicted molar refractivity (Wildman–Crippen MR) is 64.2 cm³/mol. The molecule has 1 fully saturated rings. The molecule has 1 aliphatic rings. The molecule has 4 heteroatoms. The number of β-amino-alcohol motifs (C(OH)–C–C–N with tert-alkyl or cyclic N) is 1. The van der Waals surface area contributed by atoms with Crippen LogP contribution in [0.5, 0.6) is 0 Å². The molecule has 16 heavy (non-hydrogen) atoms. The Balaban J connectivity index is 2.16. The summed E-state index contributed by atoms with van der Waals surface area (Å²) in [7, 11) is 3.57. The van der Waals surface area contributed by atoms with Gasteiger partial charge >= 0.3 is 0 Å². The molecule has 1 rings (SSSR count). The van der Waals surface area contributed by atoms with Crippen LogP contribution in [-0.4, -0.2) is 60.6 Å². The molecular formula is C12H24N2O2. The minimum absolute atomic E-state index is 0.186. The van der Waals surface area contributed by atoms with Gasteiger partial charge in [0.15, 0.2) is 0 Å². The van der Waals surface area contributed by atoms with Crippen LogP contribution in [-0.2, 0) is 4.79 Å². The van der Waals surface area contributed by atoms with Crippen LogP contribution in [0, 0.1) is 5.92 Å². The molecule has 1 N–H and O–H groups in total. The van der Waals surface area contributed by atoms with E-state index in [9.17, 15) is 9.90 Å². The molecular weight excluding hydrogens is 204 g/mol. The molecule has 1 aliphatic heterocycles. The van der Waals surface area contributed by atoms with E-state index in [1.54, 1.807) is 19.0 Å². The first-order chi connectivity index (χ1) is 7.50. The maximum Gasteiger partial charge on any atom is 0.222 e. The SMILES string of the molecule is CC1CCN(CCCC(=O)N(C)C)CC1O. The van der Waals surface area contributed by atoms with Crippen LogP contribution < -0.4 is 0 Å². The molecule has 1 amide bonds. The van der Waals surface area contributed by atoms with Crippen LogP contribution >= 0.6 is 0 Å². The second kappa shape index (κ2) is 6.21. The topological polar surface area (TPSA) is 43.8 Å². The summed E-state index contributed by atoms with van der Waals surface area (Å²) in [5, 5.41) is 9.73. The molecule has 2 atom stereocenters. The number of aliphatic hydroxyl groups is 1. The van der Waals surface area contributed by atoms with E-state index in [0.717, 1.165) is 32.5 Å². The van der Waals surface area contributed by atoms with Gasteiger partial charge in [-0.25, -0.2) is 0 Å². The smallest absolute Gasteiger partial charge is 0.222 e. The summed E-state index contributed by atoms with van der Waals surface area (Å²) < 4.78 is 0. The Hall–Kier alpha value is -0.610. The monoisotopic (exact) mass is 228 g/mol.